The van der Waals surface area contributed by atoms with Crippen molar-refractivity contribution in [2.24, 2.45) is 0 Å². The summed E-state index contributed by atoms with van der Waals surface area (Å²) in [7, 11) is 0. The van der Waals surface area contributed by atoms with Crippen molar-refractivity contribution in [2.75, 3.05) is 0 Å². The van der Waals surface area contributed by atoms with E-state index in [0.29, 0.717) is 6.26 Å². The van der Waals surface area contributed by atoms with Crippen LogP contribution in [0.15, 0.2) is 38.1 Å². The van der Waals surface area contributed by atoms with Gasteiger partial charge in [-0.3, -0.25) is 0 Å². The van der Waals surface area contributed by atoms with Crippen molar-refractivity contribution in [1.82, 2.24) is 0 Å². The molecule has 2 heterocycles. The molecule has 3 aromatic rings. The highest BCUT2D eigenvalue weighted by molar-refractivity contribution is 6.02. The van der Waals surface area contributed by atoms with Gasteiger partial charge in [-0.15, -0.1) is 0 Å². The van der Waals surface area contributed by atoms with Crippen molar-refractivity contribution in [3.63, 3.8) is 0 Å². The highest BCUT2D eigenvalue weighted by Crippen LogP contribution is 2.37. The third-order valence-electron chi connectivity index (χ3n) is 2.71. The van der Waals surface area contributed by atoms with Crippen LogP contribution in [0.25, 0.3) is 21.9 Å². The van der Waals surface area contributed by atoms with Gasteiger partial charge in [-0.05, 0) is 12.1 Å². The van der Waals surface area contributed by atoms with Crippen molar-refractivity contribution in [2.45, 2.75) is 6.18 Å². The second kappa shape index (κ2) is 3.53. The lowest BCUT2D eigenvalue weighted by atomic mass is 10.1. The zero-order chi connectivity index (χ0) is 13.8. The van der Waals surface area contributed by atoms with Crippen LogP contribution >= 0.6 is 0 Å². The summed E-state index contributed by atoms with van der Waals surface area (Å²) < 4.78 is 47.8. The van der Waals surface area contributed by atoms with Gasteiger partial charge in [0.2, 0.25) is 0 Å². The topological polar surface area (TPSA) is 63.6 Å². The zero-order valence-corrected chi connectivity index (χ0v) is 9.12. The number of aromatic hydroxyl groups is 1. The minimum absolute atomic E-state index is 0.0411. The summed E-state index contributed by atoms with van der Waals surface area (Å²) in [5.41, 5.74) is -2.58. The Balaban J connectivity index is 2.52. The molecule has 98 valence electrons. The molecular formula is C12H5F3O4. The molecule has 0 spiro atoms. The Kier molecular flexibility index (Phi) is 2.16. The Labute approximate surface area is 102 Å². The van der Waals surface area contributed by atoms with E-state index in [1.54, 1.807) is 0 Å². The molecule has 0 saturated heterocycles. The molecule has 4 nitrogen and oxygen atoms in total. The highest BCUT2D eigenvalue weighted by atomic mass is 19.4. The van der Waals surface area contributed by atoms with Crippen LogP contribution in [0.2, 0.25) is 0 Å². The number of phenols is 1. The average Bonchev–Trinajstić information content (AvgIpc) is 2.73. The molecule has 2 aromatic heterocycles. The number of hydrogen-bond donors (Lipinski definition) is 1. The Bertz CT molecular complexity index is 842. The van der Waals surface area contributed by atoms with E-state index in [9.17, 15) is 23.1 Å². The molecular weight excluding hydrogens is 265 g/mol. The Morgan fingerprint density at radius 3 is 2.63 bits per heavy atom. The predicted molar refractivity (Wildman–Crippen MR) is 58.9 cm³/mol. The van der Waals surface area contributed by atoms with Crippen molar-refractivity contribution in [3.8, 4) is 5.75 Å². The minimum atomic E-state index is -4.70. The van der Waals surface area contributed by atoms with Gasteiger partial charge in [-0.2, -0.15) is 13.2 Å². The molecule has 0 atom stereocenters. The molecule has 3 rings (SSSR count). The van der Waals surface area contributed by atoms with Crippen LogP contribution < -0.4 is 5.63 Å². The summed E-state index contributed by atoms with van der Waals surface area (Å²) in [4.78, 5) is 11.6. The van der Waals surface area contributed by atoms with Gasteiger partial charge in [-0.1, -0.05) is 0 Å². The first-order chi connectivity index (χ1) is 8.88. The molecule has 0 bridgehead atoms. The van der Waals surface area contributed by atoms with Gasteiger partial charge < -0.3 is 13.9 Å². The van der Waals surface area contributed by atoms with Gasteiger partial charge in [-0.25, -0.2) is 4.79 Å². The van der Waals surface area contributed by atoms with Crippen LogP contribution in [0.3, 0.4) is 0 Å². The fraction of sp³-hybridized carbons (Fsp3) is 0.0833. The van der Waals surface area contributed by atoms with Crippen LogP contribution in [-0.4, -0.2) is 5.11 Å². The van der Waals surface area contributed by atoms with E-state index in [1.807, 2.05) is 0 Å². The Morgan fingerprint density at radius 1 is 1.21 bits per heavy atom. The number of hydrogen-bond acceptors (Lipinski definition) is 4. The lowest BCUT2D eigenvalue weighted by Crippen LogP contribution is -2.09. The fourth-order valence-electron chi connectivity index (χ4n) is 1.90. The van der Waals surface area contributed by atoms with E-state index in [0.717, 1.165) is 6.07 Å². The molecule has 1 N–H and O–H groups in total. The molecule has 0 fully saturated rings. The van der Waals surface area contributed by atoms with Crippen LogP contribution in [0.4, 0.5) is 13.2 Å². The molecule has 0 radical (unpaired) electrons. The highest BCUT2D eigenvalue weighted by Gasteiger charge is 2.36. The number of benzene rings is 1. The Hall–Kier alpha value is -2.44. The third kappa shape index (κ3) is 1.66. The maximum absolute atomic E-state index is 12.7. The minimum Gasteiger partial charge on any atom is -0.508 e. The molecule has 0 amide bonds. The van der Waals surface area contributed by atoms with Crippen LogP contribution in [-0.2, 0) is 6.18 Å². The van der Waals surface area contributed by atoms with Gasteiger partial charge in [0.1, 0.15) is 28.5 Å². The molecule has 0 saturated carbocycles. The molecule has 7 heteroatoms. The van der Waals surface area contributed by atoms with E-state index in [-0.39, 0.29) is 22.3 Å². The fourth-order valence-corrected chi connectivity index (χ4v) is 1.90. The quantitative estimate of drug-likeness (QED) is 0.637. The summed E-state index contributed by atoms with van der Waals surface area (Å²) in [5, 5.41) is 8.79. The van der Waals surface area contributed by atoms with Crippen LogP contribution in [0.5, 0.6) is 5.75 Å². The van der Waals surface area contributed by atoms with Gasteiger partial charge >= 0.3 is 11.8 Å². The van der Waals surface area contributed by atoms with E-state index in [2.05, 4.69) is 0 Å². The summed E-state index contributed by atoms with van der Waals surface area (Å²) in [5.74, 6) is -0.169. The predicted octanol–water partition coefficient (Wildman–Crippen LogP) is 3.26. The molecule has 0 aliphatic heterocycles. The number of furan rings is 1. The van der Waals surface area contributed by atoms with Gasteiger partial charge in [0, 0.05) is 6.07 Å². The van der Waals surface area contributed by atoms with Crippen molar-refractivity contribution < 1.29 is 27.1 Å². The molecule has 0 aliphatic carbocycles. The first kappa shape index (κ1) is 11.6. The number of phenolic OH excluding ortho intramolecular Hbond substituents is 1. The summed E-state index contributed by atoms with van der Waals surface area (Å²) in [6.45, 7) is 0. The molecule has 19 heavy (non-hydrogen) atoms. The maximum atomic E-state index is 12.7. The zero-order valence-electron chi connectivity index (χ0n) is 9.12. The number of alkyl halides is 3. The smallest absolute Gasteiger partial charge is 0.420 e. The molecule has 0 aliphatic rings. The monoisotopic (exact) mass is 270 g/mol. The SMILES string of the molecule is O=c1oc2cc(O)ccc2c2occ(C(F)(F)F)c12. The van der Waals surface area contributed by atoms with E-state index in [1.165, 1.54) is 12.1 Å². The second-order valence-electron chi connectivity index (χ2n) is 3.92. The van der Waals surface area contributed by atoms with Crippen LogP contribution in [0.1, 0.15) is 5.56 Å². The number of rotatable bonds is 0. The number of halogens is 3. The van der Waals surface area contributed by atoms with Crippen molar-refractivity contribution >= 4 is 21.9 Å². The summed E-state index contributed by atoms with van der Waals surface area (Å²) >= 11 is 0. The third-order valence-corrected chi connectivity index (χ3v) is 2.71. The van der Waals surface area contributed by atoms with Gasteiger partial charge in [0.15, 0.2) is 5.58 Å². The largest absolute Gasteiger partial charge is 0.508 e. The van der Waals surface area contributed by atoms with E-state index in [4.69, 9.17) is 8.83 Å². The lowest BCUT2D eigenvalue weighted by Gasteiger charge is -2.02. The number of fused-ring (bicyclic) bond motifs is 3. The molecule has 0 unspecified atom stereocenters. The van der Waals surface area contributed by atoms with Gasteiger partial charge in [0.25, 0.3) is 0 Å². The lowest BCUT2D eigenvalue weighted by molar-refractivity contribution is -0.136. The molecule has 1 aromatic carbocycles. The van der Waals surface area contributed by atoms with Crippen LogP contribution in [0, 0.1) is 0 Å². The average molecular weight is 270 g/mol. The normalized spacial score (nSPS) is 12.4. The van der Waals surface area contributed by atoms with E-state index < -0.39 is 22.8 Å². The van der Waals surface area contributed by atoms with Crippen molar-refractivity contribution in [1.29, 1.82) is 0 Å². The van der Waals surface area contributed by atoms with E-state index >= 15 is 0 Å². The summed E-state index contributed by atoms with van der Waals surface area (Å²) in [6, 6.07) is 3.71. The first-order valence-electron chi connectivity index (χ1n) is 5.12. The van der Waals surface area contributed by atoms with Gasteiger partial charge in [0.05, 0.1) is 5.39 Å². The summed E-state index contributed by atoms with van der Waals surface area (Å²) in [6.07, 6.45) is -4.22. The second-order valence-corrected chi connectivity index (χ2v) is 3.92. The standard InChI is InChI=1S/C12H5F3O4/c13-12(14,15)7-4-18-10-6-2-1-5(16)3-8(6)19-11(17)9(7)10/h1-4,16H. The maximum Gasteiger partial charge on any atom is 0.420 e. The first-order valence-corrected chi connectivity index (χ1v) is 5.12. The Morgan fingerprint density at radius 2 is 1.95 bits per heavy atom. The van der Waals surface area contributed by atoms with Crippen molar-refractivity contribution in [3.05, 3.63) is 40.4 Å².